The molecule has 2 heterocycles. The van der Waals surface area contributed by atoms with Crippen molar-refractivity contribution in [3.8, 4) is 5.75 Å². The summed E-state index contributed by atoms with van der Waals surface area (Å²) < 4.78 is 5.81. The number of ether oxygens (including phenoxy) is 1. The minimum atomic E-state index is -1.20. The van der Waals surface area contributed by atoms with Crippen molar-refractivity contribution in [2.75, 3.05) is 31.6 Å². The van der Waals surface area contributed by atoms with E-state index in [2.05, 4.69) is 26.6 Å². The molecule has 0 saturated carbocycles. The predicted molar refractivity (Wildman–Crippen MR) is 133 cm³/mol. The van der Waals surface area contributed by atoms with E-state index >= 15 is 0 Å². The maximum Gasteiger partial charge on any atom is 0.303 e. The van der Waals surface area contributed by atoms with Crippen molar-refractivity contribution in [1.82, 2.24) is 21.3 Å². The van der Waals surface area contributed by atoms with Gasteiger partial charge in [-0.25, -0.2) is 0 Å². The summed E-state index contributed by atoms with van der Waals surface area (Å²) in [6, 6.07) is 1.81. The summed E-state index contributed by atoms with van der Waals surface area (Å²) in [5.74, 6) is -3.00. The van der Waals surface area contributed by atoms with E-state index in [1.807, 2.05) is 0 Å². The number of piperidine rings is 1. The average Bonchev–Trinajstić information content (AvgIpc) is 2.88. The van der Waals surface area contributed by atoms with Gasteiger partial charge in [-0.3, -0.25) is 24.0 Å². The first-order valence-corrected chi connectivity index (χ1v) is 12.3. The van der Waals surface area contributed by atoms with Gasteiger partial charge < -0.3 is 42.2 Å². The molecule has 1 unspecified atom stereocenters. The topological polar surface area (TPSA) is 201 Å². The van der Waals surface area contributed by atoms with Crippen molar-refractivity contribution in [2.24, 2.45) is 11.7 Å². The summed E-state index contributed by atoms with van der Waals surface area (Å²) in [6.07, 6.45) is 0.982. The second kappa shape index (κ2) is 13.0. The number of hydrogen-bond donors (Lipinski definition) is 7. The number of carbonyl (C=O) groups excluding carboxylic acids is 4. The van der Waals surface area contributed by atoms with Crippen LogP contribution < -0.4 is 37.1 Å². The maximum atomic E-state index is 13.0. The number of amides is 4. The number of rotatable bonds is 5. The zero-order valence-electron chi connectivity index (χ0n) is 20.7. The van der Waals surface area contributed by atoms with Gasteiger partial charge in [-0.2, -0.15) is 0 Å². The molecule has 2 aliphatic rings. The highest BCUT2D eigenvalue weighted by atomic mass is 16.5. The number of carboxylic acid groups (broad SMARTS) is 1. The van der Waals surface area contributed by atoms with Crippen LogP contribution in [0.25, 0.3) is 0 Å². The molecule has 13 nitrogen and oxygen atoms in total. The van der Waals surface area contributed by atoms with Crippen LogP contribution in [-0.2, 0) is 19.2 Å². The number of nitrogens with two attached hydrogens (primary N) is 1. The largest absolute Gasteiger partial charge is 0.491 e. The van der Waals surface area contributed by atoms with Crippen LogP contribution in [0.5, 0.6) is 5.75 Å². The zero-order valence-corrected chi connectivity index (χ0v) is 20.7. The van der Waals surface area contributed by atoms with Gasteiger partial charge in [0.15, 0.2) is 0 Å². The van der Waals surface area contributed by atoms with Gasteiger partial charge in [0.25, 0.3) is 5.91 Å². The summed E-state index contributed by atoms with van der Waals surface area (Å²) in [5, 5.41) is 22.8. The van der Waals surface area contributed by atoms with E-state index in [0.717, 1.165) is 25.9 Å². The number of hydrogen-bond acceptors (Lipinski definition) is 8. The molecule has 0 bridgehead atoms. The Morgan fingerprint density at radius 1 is 1.14 bits per heavy atom. The molecule has 1 aromatic carbocycles. The normalized spacial score (nSPS) is 23.8. The van der Waals surface area contributed by atoms with E-state index in [0.29, 0.717) is 5.69 Å². The van der Waals surface area contributed by atoms with E-state index in [1.165, 1.54) is 6.07 Å². The number of aliphatic carboxylic acids is 1. The van der Waals surface area contributed by atoms with Crippen LogP contribution in [0.1, 0.15) is 43.0 Å². The third-order valence-electron chi connectivity index (χ3n) is 6.18. The lowest BCUT2D eigenvalue weighted by atomic mass is 9.97. The molecule has 0 radical (unpaired) electrons. The molecule has 4 amide bonds. The Balaban J connectivity index is 1.79. The first-order valence-electron chi connectivity index (χ1n) is 12.3. The zero-order chi connectivity index (χ0) is 26.9. The van der Waals surface area contributed by atoms with Crippen molar-refractivity contribution >= 4 is 35.3 Å². The number of fused-ring (bicyclic) bond motifs is 1. The van der Waals surface area contributed by atoms with Crippen molar-refractivity contribution in [3.63, 3.8) is 0 Å². The van der Waals surface area contributed by atoms with Gasteiger partial charge in [0.1, 0.15) is 24.4 Å². The molecule has 37 heavy (non-hydrogen) atoms. The molecule has 0 spiro atoms. The fraction of sp³-hybridized carbons (Fsp3) is 0.542. The van der Waals surface area contributed by atoms with E-state index in [9.17, 15) is 24.0 Å². The maximum absolute atomic E-state index is 13.0. The molecule has 1 fully saturated rings. The molecular formula is C24H34N6O7. The highest BCUT2D eigenvalue weighted by Gasteiger charge is 2.27. The van der Waals surface area contributed by atoms with E-state index in [1.54, 1.807) is 19.1 Å². The van der Waals surface area contributed by atoms with Crippen molar-refractivity contribution < 1.29 is 33.8 Å². The number of anilines is 1. The van der Waals surface area contributed by atoms with Gasteiger partial charge in [0.05, 0.1) is 11.6 Å². The Labute approximate surface area is 214 Å². The van der Waals surface area contributed by atoms with Gasteiger partial charge in [0.2, 0.25) is 17.7 Å². The molecule has 1 saturated heterocycles. The number of benzene rings is 1. The van der Waals surface area contributed by atoms with Crippen molar-refractivity contribution in [2.45, 2.75) is 50.7 Å². The lowest BCUT2D eigenvalue weighted by Crippen LogP contribution is -2.56. The molecule has 8 N–H and O–H groups in total. The van der Waals surface area contributed by atoms with E-state index < -0.39 is 41.8 Å². The predicted octanol–water partition coefficient (Wildman–Crippen LogP) is -1.07. The molecule has 13 heteroatoms. The third-order valence-corrected chi connectivity index (χ3v) is 6.18. The first-order chi connectivity index (χ1) is 17.6. The monoisotopic (exact) mass is 518 g/mol. The Hall–Kier alpha value is -3.71. The van der Waals surface area contributed by atoms with Gasteiger partial charge in [0, 0.05) is 24.6 Å². The molecule has 0 aliphatic carbocycles. The van der Waals surface area contributed by atoms with Gasteiger partial charge >= 0.3 is 5.97 Å². The molecule has 3 atom stereocenters. The second-order valence-electron chi connectivity index (χ2n) is 9.26. The van der Waals surface area contributed by atoms with Crippen molar-refractivity contribution in [1.29, 1.82) is 0 Å². The molecular weight excluding hydrogens is 484 g/mol. The quantitative estimate of drug-likeness (QED) is 0.253. The fourth-order valence-corrected chi connectivity index (χ4v) is 4.05. The SMILES string of the molecule is CC1COc2ccc(NC(=O)C3CCNCC3)cc2C(=O)NC[C@H](N)C(=O)N[C@@H](CCC(=O)O)C(=O)N1. The average molecular weight is 519 g/mol. The fourth-order valence-electron chi connectivity index (χ4n) is 4.05. The summed E-state index contributed by atoms with van der Waals surface area (Å²) >= 11 is 0. The number of carboxylic acids is 1. The summed E-state index contributed by atoms with van der Waals surface area (Å²) in [5.41, 5.74) is 6.46. The highest BCUT2D eigenvalue weighted by Crippen LogP contribution is 2.25. The van der Waals surface area contributed by atoms with Gasteiger partial charge in [-0.1, -0.05) is 0 Å². The molecule has 202 valence electrons. The first kappa shape index (κ1) is 27.9. The van der Waals surface area contributed by atoms with Crippen molar-refractivity contribution in [3.05, 3.63) is 23.8 Å². The lowest BCUT2D eigenvalue weighted by molar-refractivity contribution is -0.138. The Morgan fingerprint density at radius 2 is 1.86 bits per heavy atom. The van der Waals surface area contributed by atoms with Crippen LogP contribution in [0, 0.1) is 5.92 Å². The molecule has 3 rings (SSSR count). The Morgan fingerprint density at radius 3 is 2.57 bits per heavy atom. The van der Waals surface area contributed by atoms with Gasteiger partial charge in [-0.05, 0) is 57.5 Å². The minimum absolute atomic E-state index is 0.00803. The smallest absolute Gasteiger partial charge is 0.303 e. The van der Waals surface area contributed by atoms with E-state index in [-0.39, 0.29) is 49.1 Å². The van der Waals surface area contributed by atoms with Gasteiger partial charge in [-0.15, -0.1) is 0 Å². The molecule has 1 aromatic rings. The number of nitrogens with one attached hydrogen (secondary N) is 5. The van der Waals surface area contributed by atoms with Crippen LogP contribution in [0.4, 0.5) is 5.69 Å². The van der Waals surface area contributed by atoms with Crippen LogP contribution >= 0.6 is 0 Å². The minimum Gasteiger partial charge on any atom is -0.491 e. The number of carbonyl (C=O) groups is 5. The summed E-state index contributed by atoms with van der Waals surface area (Å²) in [4.78, 5) is 61.9. The van der Waals surface area contributed by atoms with E-state index in [4.69, 9.17) is 15.6 Å². The molecule has 2 aliphatic heterocycles. The third kappa shape index (κ3) is 8.15. The van der Waals surface area contributed by atoms with Crippen LogP contribution in [-0.4, -0.2) is 79.1 Å². The Kier molecular flexibility index (Phi) is 9.80. The standard InChI is InChI=1S/C24H34N6O7/c1-13-12-37-19-4-2-15(29-21(33)14-6-8-26-9-7-14)10-16(19)22(34)27-11-17(25)23(35)30-18(24(36)28-13)3-5-20(31)32/h2,4,10,13-14,17-18,26H,3,5-9,11-12,25H2,1H3,(H,27,34)(H,28,36)(H,29,33)(H,30,35)(H,31,32)/t13?,17-,18-/m0/s1. The Bertz CT molecular complexity index is 1030. The highest BCUT2D eigenvalue weighted by molar-refractivity contribution is 6.00. The summed E-state index contributed by atoms with van der Waals surface area (Å²) in [6.45, 7) is 2.94. The van der Waals surface area contributed by atoms with Crippen LogP contribution in [0.15, 0.2) is 18.2 Å². The van der Waals surface area contributed by atoms with Crippen LogP contribution in [0.3, 0.4) is 0 Å². The molecule has 0 aromatic heterocycles. The summed E-state index contributed by atoms with van der Waals surface area (Å²) in [7, 11) is 0. The lowest BCUT2D eigenvalue weighted by Gasteiger charge is -2.24. The van der Waals surface area contributed by atoms with Crippen LogP contribution in [0.2, 0.25) is 0 Å². The second-order valence-corrected chi connectivity index (χ2v) is 9.26.